The van der Waals surface area contributed by atoms with Crippen molar-refractivity contribution in [3.8, 4) is 11.5 Å². The van der Waals surface area contributed by atoms with Crippen molar-refractivity contribution in [1.29, 1.82) is 0 Å². The number of morpholine rings is 1. The molecule has 2 aromatic carbocycles. The van der Waals surface area contributed by atoms with Crippen molar-refractivity contribution in [3.05, 3.63) is 59.3 Å². The summed E-state index contributed by atoms with van der Waals surface area (Å²) in [5.41, 5.74) is 3.32. The lowest BCUT2D eigenvalue weighted by atomic mass is 10.0. The van der Waals surface area contributed by atoms with Crippen LogP contribution in [0.1, 0.15) is 21.6 Å². The van der Waals surface area contributed by atoms with Gasteiger partial charge in [0, 0.05) is 42.8 Å². The zero-order valence-corrected chi connectivity index (χ0v) is 17.8. The molecule has 1 aliphatic heterocycles. The Morgan fingerprint density at radius 3 is 2.40 bits per heavy atom. The van der Waals surface area contributed by atoms with Crippen LogP contribution in [0.3, 0.4) is 0 Å². The summed E-state index contributed by atoms with van der Waals surface area (Å²) in [5, 5.41) is 0.926. The van der Waals surface area contributed by atoms with E-state index in [-0.39, 0.29) is 5.78 Å². The number of para-hydroxylation sites is 1. The molecule has 3 aromatic rings. The van der Waals surface area contributed by atoms with E-state index in [0.717, 1.165) is 73.1 Å². The van der Waals surface area contributed by atoms with Crippen molar-refractivity contribution >= 4 is 16.7 Å². The number of benzene rings is 2. The summed E-state index contributed by atoms with van der Waals surface area (Å²) >= 11 is 0. The number of rotatable bonds is 7. The summed E-state index contributed by atoms with van der Waals surface area (Å²) in [7, 11) is 3.30. The van der Waals surface area contributed by atoms with Crippen molar-refractivity contribution in [1.82, 2.24) is 9.47 Å². The molecule has 1 aliphatic rings. The Morgan fingerprint density at radius 1 is 1.00 bits per heavy atom. The molecule has 0 spiro atoms. The number of hydrogen-bond acceptors (Lipinski definition) is 5. The molecule has 2 heterocycles. The normalized spacial score (nSPS) is 14.8. The first-order valence-electron chi connectivity index (χ1n) is 10.3. The molecule has 0 N–H and O–H groups in total. The predicted octanol–water partition coefficient (Wildman–Crippen LogP) is 3.53. The topological polar surface area (TPSA) is 52.9 Å². The van der Waals surface area contributed by atoms with E-state index in [4.69, 9.17) is 14.2 Å². The maximum atomic E-state index is 13.5. The van der Waals surface area contributed by atoms with Gasteiger partial charge in [0.1, 0.15) is 11.5 Å². The molecule has 0 unspecified atom stereocenters. The van der Waals surface area contributed by atoms with E-state index in [1.807, 2.05) is 49.4 Å². The summed E-state index contributed by atoms with van der Waals surface area (Å²) in [6.45, 7) is 7.14. The molecule has 1 aromatic heterocycles. The number of ketones is 1. The molecule has 0 saturated carbocycles. The zero-order chi connectivity index (χ0) is 21.1. The van der Waals surface area contributed by atoms with Gasteiger partial charge in [-0.3, -0.25) is 9.69 Å². The molecular weight excluding hydrogens is 380 g/mol. The lowest BCUT2D eigenvalue weighted by Gasteiger charge is -2.27. The summed E-state index contributed by atoms with van der Waals surface area (Å²) in [5.74, 6) is 1.53. The van der Waals surface area contributed by atoms with Crippen molar-refractivity contribution in [2.24, 2.45) is 0 Å². The van der Waals surface area contributed by atoms with Gasteiger partial charge in [-0.2, -0.15) is 0 Å². The van der Waals surface area contributed by atoms with E-state index in [1.165, 1.54) is 0 Å². The molecule has 6 nitrogen and oxygen atoms in total. The van der Waals surface area contributed by atoms with Crippen molar-refractivity contribution in [2.75, 3.05) is 47.1 Å². The highest BCUT2D eigenvalue weighted by molar-refractivity contribution is 6.18. The first-order chi connectivity index (χ1) is 14.6. The Kier molecular flexibility index (Phi) is 6.06. The van der Waals surface area contributed by atoms with E-state index in [2.05, 4.69) is 9.47 Å². The van der Waals surface area contributed by atoms with E-state index in [0.29, 0.717) is 5.56 Å². The quantitative estimate of drug-likeness (QED) is 0.560. The average molecular weight is 408 g/mol. The molecule has 30 heavy (non-hydrogen) atoms. The largest absolute Gasteiger partial charge is 0.497 e. The van der Waals surface area contributed by atoms with Crippen LogP contribution < -0.4 is 9.47 Å². The highest BCUT2D eigenvalue weighted by atomic mass is 16.5. The predicted molar refractivity (Wildman–Crippen MR) is 117 cm³/mol. The van der Waals surface area contributed by atoms with Crippen LogP contribution in [0.15, 0.2) is 42.5 Å². The third-order valence-electron chi connectivity index (χ3n) is 5.85. The molecule has 6 heteroatoms. The summed E-state index contributed by atoms with van der Waals surface area (Å²) in [6.07, 6.45) is 0. The highest BCUT2D eigenvalue weighted by Crippen LogP contribution is 2.34. The van der Waals surface area contributed by atoms with Gasteiger partial charge in [0.25, 0.3) is 0 Å². The van der Waals surface area contributed by atoms with Crippen LogP contribution in [0.5, 0.6) is 11.5 Å². The summed E-state index contributed by atoms with van der Waals surface area (Å²) < 4.78 is 18.6. The van der Waals surface area contributed by atoms with Crippen LogP contribution in [-0.4, -0.2) is 62.3 Å². The second kappa shape index (κ2) is 8.90. The first kappa shape index (κ1) is 20.4. The Morgan fingerprint density at radius 2 is 1.73 bits per heavy atom. The highest BCUT2D eigenvalue weighted by Gasteiger charge is 2.23. The number of fused-ring (bicyclic) bond motifs is 1. The number of ether oxygens (including phenoxy) is 3. The average Bonchev–Trinajstić information content (AvgIpc) is 3.09. The molecule has 158 valence electrons. The van der Waals surface area contributed by atoms with E-state index >= 15 is 0 Å². The van der Waals surface area contributed by atoms with Gasteiger partial charge in [0.15, 0.2) is 5.78 Å². The first-order valence-corrected chi connectivity index (χ1v) is 10.3. The van der Waals surface area contributed by atoms with Crippen LogP contribution in [0.25, 0.3) is 10.9 Å². The molecule has 4 rings (SSSR count). The van der Waals surface area contributed by atoms with Crippen LogP contribution in [0, 0.1) is 6.92 Å². The molecule has 0 aliphatic carbocycles. The number of carbonyl (C=O) groups is 1. The molecule has 0 bridgehead atoms. The number of aromatic nitrogens is 1. The minimum Gasteiger partial charge on any atom is -0.497 e. The number of hydrogen-bond donors (Lipinski definition) is 0. The van der Waals surface area contributed by atoms with Crippen LogP contribution >= 0.6 is 0 Å². The third-order valence-corrected chi connectivity index (χ3v) is 5.85. The molecule has 0 amide bonds. The summed E-state index contributed by atoms with van der Waals surface area (Å²) in [6, 6.07) is 13.2. The van der Waals surface area contributed by atoms with Crippen LogP contribution in [0.4, 0.5) is 0 Å². The second-order valence-electron chi connectivity index (χ2n) is 7.48. The molecule has 0 atom stereocenters. The van der Waals surface area contributed by atoms with Gasteiger partial charge >= 0.3 is 0 Å². The molecule has 1 saturated heterocycles. The number of methoxy groups -OCH3 is 2. The fourth-order valence-electron chi connectivity index (χ4n) is 4.18. The summed E-state index contributed by atoms with van der Waals surface area (Å²) in [4.78, 5) is 15.9. The maximum Gasteiger partial charge on any atom is 0.195 e. The maximum absolute atomic E-state index is 13.5. The minimum absolute atomic E-state index is 0.0125. The number of nitrogens with zero attached hydrogens (tertiary/aromatic N) is 2. The standard InChI is InChI=1S/C24H28N2O4/c1-17-22(24(27)18-7-9-19(28-2)10-8-18)20-5-4-6-21(29-3)23(20)26(17)12-11-25-13-15-30-16-14-25/h4-10H,11-16H2,1-3H3. The molecular formula is C24H28N2O4. The van der Waals surface area contributed by atoms with Gasteiger partial charge in [-0.05, 0) is 37.3 Å². The van der Waals surface area contributed by atoms with Crippen molar-refractivity contribution < 1.29 is 19.0 Å². The molecule has 0 radical (unpaired) electrons. The third kappa shape index (κ3) is 3.80. The van der Waals surface area contributed by atoms with Gasteiger partial charge in [0.2, 0.25) is 0 Å². The Hall–Kier alpha value is -2.83. The van der Waals surface area contributed by atoms with Crippen molar-refractivity contribution in [3.63, 3.8) is 0 Å². The fourth-order valence-corrected chi connectivity index (χ4v) is 4.18. The minimum atomic E-state index is 0.0125. The van der Waals surface area contributed by atoms with E-state index in [1.54, 1.807) is 14.2 Å². The lowest BCUT2D eigenvalue weighted by Crippen LogP contribution is -2.38. The van der Waals surface area contributed by atoms with Gasteiger partial charge in [-0.15, -0.1) is 0 Å². The van der Waals surface area contributed by atoms with Crippen molar-refractivity contribution in [2.45, 2.75) is 13.5 Å². The van der Waals surface area contributed by atoms with Gasteiger partial charge in [0.05, 0.1) is 38.5 Å². The van der Waals surface area contributed by atoms with Crippen LogP contribution in [0.2, 0.25) is 0 Å². The van der Waals surface area contributed by atoms with Gasteiger partial charge in [-0.1, -0.05) is 12.1 Å². The van der Waals surface area contributed by atoms with E-state index < -0.39 is 0 Å². The zero-order valence-electron chi connectivity index (χ0n) is 17.8. The van der Waals surface area contributed by atoms with Gasteiger partial charge < -0.3 is 18.8 Å². The molecule has 1 fully saturated rings. The van der Waals surface area contributed by atoms with Gasteiger partial charge in [-0.25, -0.2) is 0 Å². The Labute approximate surface area is 176 Å². The smallest absolute Gasteiger partial charge is 0.195 e. The second-order valence-corrected chi connectivity index (χ2v) is 7.48. The number of carbonyl (C=O) groups excluding carboxylic acids is 1. The SMILES string of the molecule is COc1ccc(C(=O)c2c(C)n(CCN3CCOCC3)c3c(OC)cccc23)cc1. The fraction of sp³-hybridized carbons (Fsp3) is 0.375. The lowest BCUT2D eigenvalue weighted by molar-refractivity contribution is 0.0365. The van der Waals surface area contributed by atoms with E-state index in [9.17, 15) is 4.79 Å². The monoisotopic (exact) mass is 408 g/mol. The van der Waals surface area contributed by atoms with Crippen LogP contribution in [-0.2, 0) is 11.3 Å². The Bertz CT molecular complexity index is 1030. The Balaban J connectivity index is 1.75.